The maximum absolute atomic E-state index is 11.3. The number of carbonyl (C=O) groups excluding carboxylic acids is 1. The van der Waals surface area contributed by atoms with Crippen LogP contribution in [0.1, 0.15) is 12.5 Å². The average molecular weight is 411 g/mol. The van der Waals surface area contributed by atoms with E-state index in [-0.39, 0.29) is 5.97 Å². The van der Waals surface area contributed by atoms with Crippen molar-refractivity contribution in [3.8, 4) is 5.75 Å². The molecule has 0 bridgehead atoms. The van der Waals surface area contributed by atoms with Gasteiger partial charge in [0.25, 0.3) is 0 Å². The maximum Gasteiger partial charge on any atom is 0.308 e. The van der Waals surface area contributed by atoms with Gasteiger partial charge in [0.05, 0.1) is 6.16 Å². The third kappa shape index (κ3) is 4.20. The summed E-state index contributed by atoms with van der Waals surface area (Å²) in [6.07, 6.45) is 0.894. The molecule has 0 saturated heterocycles. The Hall–Kier alpha value is -3.22. The van der Waals surface area contributed by atoms with Crippen molar-refractivity contribution in [3.63, 3.8) is 0 Å². The zero-order chi connectivity index (χ0) is 20.8. The molecule has 0 N–H and O–H groups in total. The average Bonchev–Trinajstić information content (AvgIpc) is 2.80. The summed E-state index contributed by atoms with van der Waals surface area (Å²) < 4.78 is 5.22. The molecule has 0 aliphatic carbocycles. The number of hydrogen-bond acceptors (Lipinski definition) is 2. The highest BCUT2D eigenvalue weighted by atomic mass is 31.2. The number of benzene rings is 4. The van der Waals surface area contributed by atoms with Crippen LogP contribution in [-0.4, -0.2) is 5.97 Å². The zero-order valence-electron chi connectivity index (χ0n) is 16.9. The monoisotopic (exact) mass is 411 g/mol. The maximum atomic E-state index is 11.3. The van der Waals surface area contributed by atoms with E-state index in [1.54, 1.807) is 0 Å². The van der Waals surface area contributed by atoms with Crippen LogP contribution in [0.15, 0.2) is 115 Å². The Morgan fingerprint density at radius 2 is 1.03 bits per heavy atom. The SMILES string of the molecule is CC(=O)Oc1ccc(C[P+](c2ccccc2)(c2ccccc2)c2ccccc2)cc1. The summed E-state index contributed by atoms with van der Waals surface area (Å²) in [4.78, 5) is 11.3. The van der Waals surface area contributed by atoms with Crippen molar-refractivity contribution in [3.05, 3.63) is 121 Å². The first-order chi connectivity index (χ1) is 14.7. The van der Waals surface area contributed by atoms with Crippen LogP contribution in [0.25, 0.3) is 0 Å². The number of ether oxygens (including phenoxy) is 1. The van der Waals surface area contributed by atoms with E-state index < -0.39 is 7.26 Å². The molecule has 0 aliphatic rings. The zero-order valence-corrected chi connectivity index (χ0v) is 17.8. The van der Waals surface area contributed by atoms with Crippen LogP contribution in [0.5, 0.6) is 5.75 Å². The van der Waals surface area contributed by atoms with Crippen LogP contribution >= 0.6 is 7.26 Å². The van der Waals surface area contributed by atoms with Crippen LogP contribution < -0.4 is 20.7 Å². The minimum absolute atomic E-state index is 0.303. The first kappa shape index (κ1) is 20.1. The van der Waals surface area contributed by atoms with Gasteiger partial charge in [-0.1, -0.05) is 66.7 Å². The van der Waals surface area contributed by atoms with E-state index in [4.69, 9.17) is 4.74 Å². The van der Waals surface area contributed by atoms with Crippen molar-refractivity contribution in [1.82, 2.24) is 0 Å². The Morgan fingerprint density at radius 1 is 0.633 bits per heavy atom. The molecule has 0 radical (unpaired) electrons. The smallest absolute Gasteiger partial charge is 0.308 e. The van der Waals surface area contributed by atoms with Gasteiger partial charge in [0.2, 0.25) is 0 Å². The predicted octanol–water partition coefficient (Wildman–Crippen LogP) is 5.11. The Balaban J connectivity index is 1.88. The standard InChI is InChI=1S/C27H24O2P/c1-22(28)29-24-19-17-23(18-20-24)21-30(25-11-5-2-6-12-25,26-13-7-3-8-14-26)27-15-9-4-10-16-27/h2-20H,21H2,1H3/q+1. The fourth-order valence-corrected chi connectivity index (χ4v) is 8.12. The molecule has 0 unspecified atom stereocenters. The van der Waals surface area contributed by atoms with Gasteiger partial charge in [0, 0.05) is 6.92 Å². The largest absolute Gasteiger partial charge is 0.427 e. The molecular weight excluding hydrogens is 387 g/mol. The minimum atomic E-state index is -1.93. The lowest BCUT2D eigenvalue weighted by Crippen LogP contribution is -2.32. The molecule has 148 valence electrons. The van der Waals surface area contributed by atoms with Crippen LogP contribution in [-0.2, 0) is 11.0 Å². The summed E-state index contributed by atoms with van der Waals surface area (Å²) in [5.41, 5.74) is 1.22. The number of carbonyl (C=O) groups is 1. The molecule has 2 nitrogen and oxygen atoms in total. The van der Waals surface area contributed by atoms with Crippen LogP contribution in [0.3, 0.4) is 0 Å². The van der Waals surface area contributed by atoms with Gasteiger partial charge < -0.3 is 4.74 Å². The first-order valence-corrected chi connectivity index (χ1v) is 12.0. The summed E-state index contributed by atoms with van der Waals surface area (Å²) in [6.45, 7) is 1.42. The normalized spacial score (nSPS) is 11.1. The highest BCUT2D eigenvalue weighted by Crippen LogP contribution is 2.58. The Bertz CT molecular complexity index is 995. The molecule has 3 heteroatoms. The Kier molecular flexibility index (Phi) is 6.07. The lowest BCUT2D eigenvalue weighted by Gasteiger charge is -2.27. The minimum Gasteiger partial charge on any atom is -0.427 e. The van der Waals surface area contributed by atoms with Crippen molar-refractivity contribution in [2.75, 3.05) is 0 Å². The van der Waals surface area contributed by atoms with E-state index >= 15 is 0 Å². The number of hydrogen-bond donors (Lipinski definition) is 0. The Labute approximate surface area is 178 Å². The van der Waals surface area contributed by atoms with Gasteiger partial charge >= 0.3 is 5.97 Å². The fourth-order valence-electron chi connectivity index (χ4n) is 3.87. The predicted molar refractivity (Wildman–Crippen MR) is 127 cm³/mol. The van der Waals surface area contributed by atoms with E-state index in [1.165, 1.54) is 28.4 Å². The lowest BCUT2D eigenvalue weighted by atomic mass is 10.2. The highest BCUT2D eigenvalue weighted by Gasteiger charge is 2.45. The second-order valence-corrected chi connectivity index (χ2v) is 10.7. The van der Waals surface area contributed by atoms with Gasteiger partial charge in [0.1, 0.15) is 28.9 Å². The molecule has 30 heavy (non-hydrogen) atoms. The molecule has 4 aromatic carbocycles. The van der Waals surface area contributed by atoms with Crippen molar-refractivity contribution >= 4 is 29.1 Å². The molecule has 0 aromatic heterocycles. The van der Waals surface area contributed by atoms with E-state index in [0.29, 0.717) is 5.75 Å². The van der Waals surface area contributed by atoms with E-state index in [2.05, 4.69) is 103 Å². The van der Waals surface area contributed by atoms with Crippen molar-refractivity contribution < 1.29 is 9.53 Å². The van der Waals surface area contributed by atoms with Gasteiger partial charge in [-0.25, -0.2) is 0 Å². The second-order valence-electron chi connectivity index (χ2n) is 7.21. The Morgan fingerprint density at radius 3 is 1.40 bits per heavy atom. The van der Waals surface area contributed by atoms with Gasteiger partial charge in [-0.2, -0.15) is 0 Å². The van der Waals surface area contributed by atoms with Gasteiger partial charge in [0.15, 0.2) is 0 Å². The summed E-state index contributed by atoms with van der Waals surface area (Å²) in [5, 5.41) is 4.06. The number of esters is 1. The van der Waals surface area contributed by atoms with Gasteiger partial charge in [-0.05, 0) is 54.1 Å². The highest BCUT2D eigenvalue weighted by molar-refractivity contribution is 7.95. The van der Waals surface area contributed by atoms with Crippen LogP contribution in [0, 0.1) is 0 Å². The molecule has 4 aromatic rings. The molecule has 0 saturated carbocycles. The first-order valence-electron chi connectivity index (χ1n) is 10.0. The molecule has 0 amide bonds. The molecule has 0 spiro atoms. The molecule has 4 rings (SSSR count). The molecule has 0 fully saturated rings. The molecule has 0 atom stereocenters. The molecule has 0 heterocycles. The molecule has 0 aliphatic heterocycles. The van der Waals surface area contributed by atoms with Gasteiger partial charge in [-0.3, -0.25) is 4.79 Å². The van der Waals surface area contributed by atoms with E-state index in [0.717, 1.165) is 6.16 Å². The van der Waals surface area contributed by atoms with E-state index in [9.17, 15) is 4.79 Å². The lowest BCUT2D eigenvalue weighted by molar-refractivity contribution is -0.131. The quantitative estimate of drug-likeness (QED) is 0.251. The topological polar surface area (TPSA) is 26.3 Å². The third-order valence-electron chi connectivity index (χ3n) is 5.20. The van der Waals surface area contributed by atoms with Gasteiger partial charge in [-0.15, -0.1) is 0 Å². The number of rotatable bonds is 6. The van der Waals surface area contributed by atoms with Crippen LogP contribution in [0.4, 0.5) is 0 Å². The van der Waals surface area contributed by atoms with Crippen molar-refractivity contribution in [2.24, 2.45) is 0 Å². The third-order valence-corrected chi connectivity index (χ3v) is 9.57. The fraction of sp³-hybridized carbons (Fsp3) is 0.0741. The van der Waals surface area contributed by atoms with Crippen molar-refractivity contribution in [1.29, 1.82) is 0 Å². The van der Waals surface area contributed by atoms with Crippen molar-refractivity contribution in [2.45, 2.75) is 13.1 Å². The second kappa shape index (κ2) is 9.07. The summed E-state index contributed by atoms with van der Waals surface area (Å²) in [6, 6.07) is 40.4. The summed E-state index contributed by atoms with van der Waals surface area (Å²) in [5.74, 6) is 0.275. The molecular formula is C27H24O2P+. The van der Waals surface area contributed by atoms with E-state index in [1.807, 2.05) is 12.1 Å². The summed E-state index contributed by atoms with van der Waals surface area (Å²) >= 11 is 0. The summed E-state index contributed by atoms with van der Waals surface area (Å²) in [7, 11) is -1.93. The van der Waals surface area contributed by atoms with Crippen LogP contribution in [0.2, 0.25) is 0 Å².